The highest BCUT2D eigenvalue weighted by Gasteiger charge is 2.30. The SMILES string of the molecule is C[C@@H](c1nc2ccc(C(=O)O)nc2n1C[C@@H]1CCO1)N1CCC(c2cccc(OCc3ccc4cnn(CC(F)F)c4c3)n2)CC1. The van der Waals surface area contributed by atoms with Crippen molar-refractivity contribution in [2.45, 2.75) is 70.4 Å². The molecule has 0 amide bonds. The summed E-state index contributed by atoms with van der Waals surface area (Å²) < 4.78 is 41.0. The molecule has 2 aliphatic heterocycles. The van der Waals surface area contributed by atoms with Gasteiger partial charge in [-0.1, -0.05) is 18.2 Å². The third kappa shape index (κ3) is 6.16. The van der Waals surface area contributed by atoms with E-state index in [0.29, 0.717) is 29.1 Å². The molecule has 0 aliphatic carbocycles. The number of likely N-dealkylation sites (tertiary alicyclic amines) is 1. The van der Waals surface area contributed by atoms with Gasteiger partial charge in [-0.25, -0.2) is 28.5 Å². The highest BCUT2D eigenvalue weighted by molar-refractivity contribution is 5.88. The van der Waals surface area contributed by atoms with E-state index < -0.39 is 18.9 Å². The van der Waals surface area contributed by atoms with Crippen LogP contribution < -0.4 is 4.74 Å². The van der Waals surface area contributed by atoms with Crippen molar-refractivity contribution in [3.05, 3.63) is 77.5 Å². The summed E-state index contributed by atoms with van der Waals surface area (Å²) >= 11 is 0. The second-order valence-corrected chi connectivity index (χ2v) is 12.0. The quantitative estimate of drug-likeness (QED) is 0.203. The molecule has 0 saturated carbocycles. The normalized spacial score (nSPS) is 18.3. The first-order valence-electron chi connectivity index (χ1n) is 15.6. The second-order valence-electron chi connectivity index (χ2n) is 12.0. The van der Waals surface area contributed by atoms with E-state index in [2.05, 4.69) is 21.9 Å². The smallest absolute Gasteiger partial charge is 0.354 e. The minimum Gasteiger partial charge on any atom is -0.477 e. The first-order valence-corrected chi connectivity index (χ1v) is 15.6. The van der Waals surface area contributed by atoms with E-state index in [1.54, 1.807) is 12.3 Å². The number of nitrogens with zero attached hydrogens (tertiary/aromatic N) is 7. The van der Waals surface area contributed by atoms with Gasteiger partial charge in [0.15, 0.2) is 11.3 Å². The van der Waals surface area contributed by atoms with Crippen LogP contribution in [-0.2, 0) is 24.4 Å². The molecule has 1 N–H and O–H groups in total. The van der Waals surface area contributed by atoms with Crippen LogP contribution in [0.15, 0.2) is 54.7 Å². The molecule has 6 heterocycles. The average Bonchev–Trinajstić information content (AvgIpc) is 3.61. The molecule has 240 valence electrons. The predicted octanol–water partition coefficient (Wildman–Crippen LogP) is 5.45. The summed E-state index contributed by atoms with van der Waals surface area (Å²) in [6.45, 7) is 4.97. The van der Waals surface area contributed by atoms with Crippen molar-refractivity contribution in [1.82, 2.24) is 34.2 Å². The summed E-state index contributed by atoms with van der Waals surface area (Å²) in [5.74, 6) is 0.596. The van der Waals surface area contributed by atoms with Crippen LogP contribution in [0.5, 0.6) is 5.88 Å². The Kier molecular flexibility index (Phi) is 8.34. The Bertz CT molecular complexity index is 1860. The van der Waals surface area contributed by atoms with Crippen molar-refractivity contribution < 1.29 is 28.2 Å². The second kappa shape index (κ2) is 12.7. The molecule has 2 saturated heterocycles. The van der Waals surface area contributed by atoms with Gasteiger partial charge in [-0.15, -0.1) is 0 Å². The van der Waals surface area contributed by atoms with Crippen LogP contribution in [0.3, 0.4) is 0 Å². The largest absolute Gasteiger partial charge is 0.477 e. The van der Waals surface area contributed by atoms with Crippen LogP contribution in [0.1, 0.15) is 65.7 Å². The third-order valence-corrected chi connectivity index (χ3v) is 9.04. The number of alkyl halides is 2. The van der Waals surface area contributed by atoms with E-state index in [0.717, 1.165) is 61.4 Å². The number of carboxylic acid groups (broad SMARTS) is 1. The zero-order valence-electron chi connectivity index (χ0n) is 25.4. The van der Waals surface area contributed by atoms with Gasteiger partial charge in [0.2, 0.25) is 5.88 Å². The number of pyridine rings is 2. The lowest BCUT2D eigenvalue weighted by Gasteiger charge is -2.36. The number of benzene rings is 1. The Morgan fingerprint density at radius 3 is 2.65 bits per heavy atom. The maximum atomic E-state index is 12.9. The fourth-order valence-electron chi connectivity index (χ4n) is 6.39. The van der Waals surface area contributed by atoms with Crippen molar-refractivity contribution in [1.29, 1.82) is 0 Å². The van der Waals surface area contributed by atoms with Crippen molar-refractivity contribution in [2.24, 2.45) is 0 Å². The molecule has 5 aromatic rings. The van der Waals surface area contributed by atoms with E-state index in [1.807, 2.05) is 41.0 Å². The Labute approximate surface area is 263 Å². The van der Waals surface area contributed by atoms with Crippen LogP contribution in [-0.4, -0.2) is 77.5 Å². The molecule has 0 radical (unpaired) electrons. The van der Waals surface area contributed by atoms with Gasteiger partial charge in [0, 0.05) is 29.7 Å². The van der Waals surface area contributed by atoms with Crippen LogP contribution in [0.4, 0.5) is 8.78 Å². The number of fused-ring (bicyclic) bond motifs is 2. The number of hydrogen-bond acceptors (Lipinski definition) is 8. The van der Waals surface area contributed by atoms with E-state index >= 15 is 0 Å². The Balaban J connectivity index is 1.01. The highest BCUT2D eigenvalue weighted by Crippen LogP contribution is 2.33. The van der Waals surface area contributed by atoms with E-state index in [4.69, 9.17) is 19.4 Å². The molecule has 1 aromatic carbocycles. The zero-order valence-corrected chi connectivity index (χ0v) is 25.4. The number of aromatic nitrogens is 6. The summed E-state index contributed by atoms with van der Waals surface area (Å²) in [6, 6.07) is 14.7. The van der Waals surface area contributed by atoms with Crippen LogP contribution in [0.2, 0.25) is 0 Å². The summed E-state index contributed by atoms with van der Waals surface area (Å²) in [5.41, 5.74) is 3.74. The van der Waals surface area contributed by atoms with Gasteiger partial charge in [0.05, 0.1) is 30.4 Å². The molecule has 2 fully saturated rings. The molecule has 0 spiro atoms. The van der Waals surface area contributed by atoms with Crippen molar-refractivity contribution in [3.8, 4) is 5.88 Å². The number of piperidine rings is 1. The fraction of sp³-hybridized carbons (Fsp3) is 0.424. The number of aromatic carboxylic acids is 1. The minimum absolute atomic E-state index is 0.000265. The van der Waals surface area contributed by atoms with E-state index in [-0.39, 0.29) is 30.4 Å². The number of imidazole rings is 1. The number of carbonyl (C=O) groups is 1. The molecular weight excluding hydrogens is 596 g/mol. The first-order chi connectivity index (χ1) is 22.3. The van der Waals surface area contributed by atoms with E-state index in [1.165, 1.54) is 10.7 Å². The number of ether oxygens (including phenoxy) is 2. The van der Waals surface area contributed by atoms with Gasteiger partial charge < -0.3 is 19.1 Å². The van der Waals surface area contributed by atoms with Crippen molar-refractivity contribution in [3.63, 3.8) is 0 Å². The van der Waals surface area contributed by atoms with Crippen LogP contribution >= 0.6 is 0 Å². The molecule has 7 rings (SSSR count). The molecule has 2 atom stereocenters. The standard InChI is InChI=1S/C33H35F2N7O4/c1-20(31-38-26-7-8-27(33(43)44)39-32(26)41(31)17-24-11-14-45-24)40-12-9-22(10-13-40)25-3-2-4-30(37-25)46-19-21-5-6-23-16-36-42(18-29(34)35)28(23)15-21/h2-8,15-16,20,22,24,29H,9-14,17-19H2,1H3,(H,43,44)/t20-,24-/m0/s1. The van der Waals surface area contributed by atoms with Gasteiger partial charge in [-0.2, -0.15) is 5.10 Å². The van der Waals surface area contributed by atoms with Gasteiger partial charge >= 0.3 is 5.97 Å². The Morgan fingerprint density at radius 1 is 1.09 bits per heavy atom. The molecule has 0 bridgehead atoms. The first kappa shape index (κ1) is 30.2. The number of rotatable bonds is 11. The predicted molar refractivity (Wildman–Crippen MR) is 165 cm³/mol. The summed E-state index contributed by atoms with van der Waals surface area (Å²) in [4.78, 5) is 28.2. The topological polar surface area (TPSA) is 120 Å². The molecule has 2 aliphatic rings. The molecular formula is C33H35F2N7O4. The number of carboxylic acids is 1. The number of hydrogen-bond donors (Lipinski definition) is 1. The monoisotopic (exact) mass is 631 g/mol. The van der Waals surface area contributed by atoms with Gasteiger partial charge in [0.25, 0.3) is 6.43 Å². The van der Waals surface area contributed by atoms with Crippen molar-refractivity contribution >= 4 is 28.0 Å². The lowest BCUT2D eigenvalue weighted by molar-refractivity contribution is -0.0595. The molecule has 0 unspecified atom stereocenters. The summed E-state index contributed by atoms with van der Waals surface area (Å²) in [5, 5.41) is 14.4. The molecule has 4 aromatic heterocycles. The minimum atomic E-state index is -2.48. The van der Waals surface area contributed by atoms with E-state index in [9.17, 15) is 18.7 Å². The van der Waals surface area contributed by atoms with Gasteiger partial charge in [-0.05, 0) is 69.1 Å². The lowest BCUT2D eigenvalue weighted by Crippen LogP contribution is -2.37. The number of halogens is 2. The van der Waals surface area contributed by atoms with Crippen LogP contribution in [0, 0.1) is 0 Å². The molecule has 46 heavy (non-hydrogen) atoms. The Hall–Kier alpha value is -4.49. The fourth-order valence-corrected chi connectivity index (χ4v) is 6.39. The molecule has 13 heteroatoms. The zero-order chi connectivity index (χ0) is 31.8. The van der Waals surface area contributed by atoms with Gasteiger partial charge in [-0.3, -0.25) is 9.58 Å². The summed E-state index contributed by atoms with van der Waals surface area (Å²) in [6.07, 6.45) is 1.97. The van der Waals surface area contributed by atoms with Crippen LogP contribution in [0.25, 0.3) is 22.1 Å². The maximum absolute atomic E-state index is 12.9. The third-order valence-electron chi connectivity index (χ3n) is 9.04. The lowest BCUT2D eigenvalue weighted by atomic mass is 9.92. The Morgan fingerprint density at radius 2 is 1.91 bits per heavy atom. The maximum Gasteiger partial charge on any atom is 0.354 e. The highest BCUT2D eigenvalue weighted by atomic mass is 19.3. The van der Waals surface area contributed by atoms with Gasteiger partial charge in [0.1, 0.15) is 24.5 Å². The average molecular weight is 632 g/mol. The molecule has 11 nitrogen and oxygen atoms in total. The van der Waals surface area contributed by atoms with Crippen molar-refractivity contribution in [2.75, 3.05) is 19.7 Å². The summed E-state index contributed by atoms with van der Waals surface area (Å²) in [7, 11) is 0.